The molecule has 0 aliphatic heterocycles. The van der Waals surface area contributed by atoms with Crippen molar-refractivity contribution in [3.05, 3.63) is 62.1 Å². The van der Waals surface area contributed by atoms with Gasteiger partial charge in [-0.1, -0.05) is 58.5 Å². The molecule has 0 amide bonds. The number of nitrogens with one attached hydrogen (secondary N) is 1. The first-order valence-corrected chi connectivity index (χ1v) is 7.15. The molecule has 2 aromatic carbocycles. The molecule has 5 heteroatoms. The zero-order valence-corrected chi connectivity index (χ0v) is 13.1. The van der Waals surface area contributed by atoms with Gasteiger partial charge >= 0.3 is 0 Å². The average Bonchev–Trinajstić information content (AvgIpc) is 2.34. The van der Waals surface area contributed by atoms with E-state index < -0.39 is 0 Å². The van der Waals surface area contributed by atoms with E-state index in [4.69, 9.17) is 46.4 Å². The highest BCUT2D eigenvalue weighted by atomic mass is 35.5. The van der Waals surface area contributed by atoms with Gasteiger partial charge in [-0.05, 0) is 36.8 Å². The summed E-state index contributed by atoms with van der Waals surface area (Å²) in [6.07, 6.45) is 0. The Morgan fingerprint density at radius 1 is 0.842 bits per heavy atom. The van der Waals surface area contributed by atoms with Gasteiger partial charge < -0.3 is 5.32 Å². The van der Waals surface area contributed by atoms with Crippen molar-refractivity contribution < 1.29 is 0 Å². The molecule has 0 saturated carbocycles. The van der Waals surface area contributed by atoms with Crippen molar-refractivity contribution in [3.63, 3.8) is 0 Å². The molecule has 0 aliphatic carbocycles. The van der Waals surface area contributed by atoms with Crippen molar-refractivity contribution in [2.75, 3.05) is 5.32 Å². The Morgan fingerprint density at radius 3 is 1.89 bits per heavy atom. The number of anilines is 1. The molecule has 0 fully saturated rings. The maximum absolute atomic E-state index is 6.14. The van der Waals surface area contributed by atoms with Crippen LogP contribution in [0.5, 0.6) is 0 Å². The first-order valence-electron chi connectivity index (χ1n) is 5.64. The molecule has 0 aliphatic rings. The molecule has 0 aromatic heterocycles. The minimum atomic E-state index is 0.0495. The molecule has 19 heavy (non-hydrogen) atoms. The van der Waals surface area contributed by atoms with Gasteiger partial charge in [-0.25, -0.2) is 0 Å². The summed E-state index contributed by atoms with van der Waals surface area (Å²) in [5, 5.41) is 5.49. The third-order valence-corrected chi connectivity index (χ3v) is 3.80. The maximum atomic E-state index is 6.14. The standard InChI is InChI=1S/C14H11Cl4N/c1-8(9-2-4-10(15)5-3-9)19-14-12(17)6-11(16)7-13(14)18/h2-8,19H,1H3. The molecule has 100 valence electrons. The molecular weight excluding hydrogens is 324 g/mol. The predicted octanol–water partition coefficient (Wildman–Crippen LogP) is 6.47. The van der Waals surface area contributed by atoms with Crippen LogP contribution in [0.15, 0.2) is 36.4 Å². The van der Waals surface area contributed by atoms with E-state index in [2.05, 4.69) is 5.32 Å². The molecule has 0 spiro atoms. The molecule has 1 atom stereocenters. The molecular formula is C14H11Cl4N. The maximum Gasteiger partial charge on any atom is 0.0724 e. The molecule has 2 rings (SSSR count). The van der Waals surface area contributed by atoms with Crippen molar-refractivity contribution in [3.8, 4) is 0 Å². The van der Waals surface area contributed by atoms with E-state index in [1.807, 2.05) is 31.2 Å². The van der Waals surface area contributed by atoms with E-state index >= 15 is 0 Å². The van der Waals surface area contributed by atoms with Gasteiger partial charge in [0.15, 0.2) is 0 Å². The van der Waals surface area contributed by atoms with Gasteiger partial charge in [-0.2, -0.15) is 0 Å². The Morgan fingerprint density at radius 2 is 1.37 bits per heavy atom. The van der Waals surface area contributed by atoms with Crippen LogP contribution in [0.4, 0.5) is 5.69 Å². The van der Waals surface area contributed by atoms with Crippen LogP contribution in [-0.2, 0) is 0 Å². The summed E-state index contributed by atoms with van der Waals surface area (Å²) >= 11 is 24.0. The van der Waals surface area contributed by atoms with Crippen LogP contribution in [0.1, 0.15) is 18.5 Å². The number of rotatable bonds is 3. The first kappa shape index (κ1) is 14.8. The van der Waals surface area contributed by atoms with Crippen LogP contribution in [0.25, 0.3) is 0 Å². The molecule has 0 radical (unpaired) electrons. The fraction of sp³-hybridized carbons (Fsp3) is 0.143. The Labute approximate surface area is 132 Å². The van der Waals surface area contributed by atoms with Crippen LogP contribution in [0.2, 0.25) is 20.1 Å². The lowest BCUT2D eigenvalue weighted by atomic mass is 10.1. The van der Waals surface area contributed by atoms with Crippen molar-refractivity contribution in [2.24, 2.45) is 0 Å². The summed E-state index contributed by atoms with van der Waals surface area (Å²) in [6, 6.07) is 11.0. The highest BCUT2D eigenvalue weighted by Gasteiger charge is 2.12. The van der Waals surface area contributed by atoms with Gasteiger partial charge in [-0.15, -0.1) is 0 Å². The summed E-state index contributed by atoms with van der Waals surface area (Å²) in [4.78, 5) is 0. The topological polar surface area (TPSA) is 12.0 Å². The summed E-state index contributed by atoms with van der Waals surface area (Å²) in [5.74, 6) is 0. The molecule has 2 aromatic rings. The van der Waals surface area contributed by atoms with E-state index in [1.165, 1.54) is 0 Å². The second kappa shape index (κ2) is 6.23. The minimum Gasteiger partial charge on any atom is -0.376 e. The van der Waals surface area contributed by atoms with E-state index in [-0.39, 0.29) is 6.04 Å². The van der Waals surface area contributed by atoms with Gasteiger partial charge in [0.25, 0.3) is 0 Å². The van der Waals surface area contributed by atoms with Crippen LogP contribution >= 0.6 is 46.4 Å². The predicted molar refractivity (Wildman–Crippen MR) is 85.0 cm³/mol. The van der Waals surface area contributed by atoms with Crippen LogP contribution in [0.3, 0.4) is 0 Å². The quantitative estimate of drug-likeness (QED) is 0.677. The van der Waals surface area contributed by atoms with Gasteiger partial charge in [0.2, 0.25) is 0 Å². The van der Waals surface area contributed by atoms with Gasteiger partial charge in [0.05, 0.1) is 15.7 Å². The van der Waals surface area contributed by atoms with Crippen molar-refractivity contribution in [2.45, 2.75) is 13.0 Å². The van der Waals surface area contributed by atoms with Gasteiger partial charge in [0, 0.05) is 16.1 Å². The Kier molecular flexibility index (Phi) is 4.86. The molecule has 1 unspecified atom stereocenters. The average molecular weight is 335 g/mol. The molecule has 0 heterocycles. The lowest BCUT2D eigenvalue weighted by molar-refractivity contribution is 0.885. The molecule has 1 N–H and O–H groups in total. The summed E-state index contributed by atoms with van der Waals surface area (Å²) in [5.41, 5.74) is 1.77. The number of hydrogen-bond acceptors (Lipinski definition) is 1. The van der Waals surface area contributed by atoms with E-state index in [0.29, 0.717) is 25.8 Å². The lowest BCUT2D eigenvalue weighted by Gasteiger charge is -2.18. The Balaban J connectivity index is 2.24. The largest absolute Gasteiger partial charge is 0.376 e. The fourth-order valence-corrected chi connectivity index (χ4v) is 2.78. The zero-order valence-electron chi connectivity index (χ0n) is 10.1. The van der Waals surface area contributed by atoms with Crippen molar-refractivity contribution in [1.82, 2.24) is 0 Å². The van der Waals surface area contributed by atoms with Crippen molar-refractivity contribution in [1.29, 1.82) is 0 Å². The zero-order chi connectivity index (χ0) is 14.0. The Bertz CT molecular complexity index is 557. The molecule has 0 bridgehead atoms. The normalized spacial score (nSPS) is 12.3. The fourth-order valence-electron chi connectivity index (χ4n) is 1.73. The van der Waals surface area contributed by atoms with E-state index in [1.54, 1.807) is 12.1 Å². The van der Waals surface area contributed by atoms with Gasteiger partial charge in [0.1, 0.15) is 0 Å². The van der Waals surface area contributed by atoms with Gasteiger partial charge in [-0.3, -0.25) is 0 Å². The van der Waals surface area contributed by atoms with E-state index in [9.17, 15) is 0 Å². The monoisotopic (exact) mass is 333 g/mol. The summed E-state index contributed by atoms with van der Waals surface area (Å²) < 4.78 is 0. The van der Waals surface area contributed by atoms with Crippen LogP contribution in [0, 0.1) is 0 Å². The lowest BCUT2D eigenvalue weighted by Crippen LogP contribution is -2.07. The van der Waals surface area contributed by atoms with E-state index in [0.717, 1.165) is 5.56 Å². The highest BCUT2D eigenvalue weighted by Crippen LogP contribution is 2.35. The smallest absolute Gasteiger partial charge is 0.0724 e. The summed E-state index contributed by atoms with van der Waals surface area (Å²) in [6.45, 7) is 2.02. The summed E-state index contributed by atoms with van der Waals surface area (Å²) in [7, 11) is 0. The van der Waals surface area contributed by atoms with Crippen molar-refractivity contribution >= 4 is 52.1 Å². The van der Waals surface area contributed by atoms with Crippen LogP contribution < -0.4 is 5.32 Å². The SMILES string of the molecule is CC(Nc1c(Cl)cc(Cl)cc1Cl)c1ccc(Cl)cc1. The number of hydrogen-bond donors (Lipinski definition) is 1. The number of halogens is 4. The Hall–Kier alpha value is -0.600. The second-order valence-electron chi connectivity index (χ2n) is 4.16. The second-order valence-corrected chi connectivity index (χ2v) is 5.85. The third kappa shape index (κ3) is 3.70. The minimum absolute atomic E-state index is 0.0495. The highest BCUT2D eigenvalue weighted by molar-refractivity contribution is 6.41. The molecule has 0 saturated heterocycles. The number of benzene rings is 2. The third-order valence-electron chi connectivity index (χ3n) is 2.74. The molecule has 1 nitrogen and oxygen atoms in total. The van der Waals surface area contributed by atoms with Crippen LogP contribution in [-0.4, -0.2) is 0 Å². The first-order chi connectivity index (χ1) is 8.97.